The Bertz CT molecular complexity index is 987. The number of nitrogens with zero attached hydrogens (tertiary/aromatic N) is 5. The molecular formula is C19H22N6. The maximum atomic E-state index is 8.80. The summed E-state index contributed by atoms with van der Waals surface area (Å²) in [4.78, 5) is 15.1. The van der Waals surface area contributed by atoms with E-state index in [1.54, 1.807) is 0 Å². The van der Waals surface area contributed by atoms with E-state index in [0.717, 1.165) is 48.4 Å². The van der Waals surface area contributed by atoms with E-state index >= 15 is 0 Å². The first-order chi connectivity index (χ1) is 12.2. The Morgan fingerprint density at radius 2 is 2.32 bits per heavy atom. The molecule has 0 aromatic carbocycles. The average molecular weight is 334 g/mol. The molecule has 2 fully saturated rings. The molecule has 1 aliphatic carbocycles. The molecule has 1 saturated heterocycles. The summed E-state index contributed by atoms with van der Waals surface area (Å²) >= 11 is 0. The molecule has 5 rings (SSSR count). The molecule has 4 heterocycles. The maximum Gasteiger partial charge on any atom is 0.139 e. The second-order valence-electron chi connectivity index (χ2n) is 7.64. The van der Waals surface area contributed by atoms with Gasteiger partial charge in [-0.05, 0) is 38.8 Å². The van der Waals surface area contributed by atoms with Crippen molar-refractivity contribution in [2.24, 2.45) is 5.41 Å². The topological polar surface area (TPSA) is 73.5 Å². The van der Waals surface area contributed by atoms with E-state index in [9.17, 15) is 0 Å². The van der Waals surface area contributed by atoms with Crippen LogP contribution in [-0.2, 0) is 0 Å². The third-order valence-corrected chi connectivity index (χ3v) is 6.05. The number of nitrogens with one attached hydrogen (secondary N) is 1. The summed E-state index contributed by atoms with van der Waals surface area (Å²) in [5, 5.41) is 9.97. The number of nitriles is 1. The van der Waals surface area contributed by atoms with Gasteiger partial charge in [-0.3, -0.25) is 0 Å². The molecule has 3 aromatic rings. The van der Waals surface area contributed by atoms with Gasteiger partial charge in [-0.15, -0.1) is 0 Å². The van der Waals surface area contributed by atoms with Gasteiger partial charge >= 0.3 is 0 Å². The number of hydrogen-bond donors (Lipinski definition) is 1. The monoisotopic (exact) mass is 334 g/mol. The minimum atomic E-state index is 0.400. The fourth-order valence-electron chi connectivity index (χ4n) is 4.70. The van der Waals surface area contributed by atoms with Crippen LogP contribution in [0.3, 0.4) is 0 Å². The van der Waals surface area contributed by atoms with Gasteiger partial charge in [0.1, 0.15) is 17.0 Å². The van der Waals surface area contributed by atoms with Crippen LogP contribution in [0.1, 0.15) is 37.5 Å². The quantitative estimate of drug-likeness (QED) is 0.744. The van der Waals surface area contributed by atoms with Crippen LogP contribution in [-0.4, -0.2) is 44.1 Å². The Balaban J connectivity index is 1.58. The molecule has 0 bridgehead atoms. The number of aryl methyl sites for hydroxylation is 1. The molecule has 6 heteroatoms. The number of aromatic nitrogens is 4. The second-order valence-corrected chi connectivity index (χ2v) is 7.64. The Morgan fingerprint density at radius 3 is 3.12 bits per heavy atom. The minimum Gasteiger partial charge on any atom is -0.346 e. The number of H-pyrrole nitrogens is 1. The maximum absolute atomic E-state index is 8.80. The lowest BCUT2D eigenvalue weighted by Gasteiger charge is -2.22. The highest BCUT2D eigenvalue weighted by Gasteiger charge is 2.56. The van der Waals surface area contributed by atoms with Gasteiger partial charge in [0, 0.05) is 36.5 Å². The van der Waals surface area contributed by atoms with Gasteiger partial charge in [0.15, 0.2) is 0 Å². The third-order valence-electron chi connectivity index (χ3n) is 6.05. The van der Waals surface area contributed by atoms with E-state index in [0.29, 0.717) is 17.9 Å². The van der Waals surface area contributed by atoms with Crippen LogP contribution in [0.5, 0.6) is 0 Å². The molecule has 1 saturated carbocycles. The van der Waals surface area contributed by atoms with E-state index in [4.69, 9.17) is 10.2 Å². The molecule has 1 aliphatic heterocycles. The average Bonchev–Trinajstić information content (AvgIpc) is 2.93. The van der Waals surface area contributed by atoms with Crippen molar-refractivity contribution in [2.75, 3.05) is 19.6 Å². The Labute approximate surface area is 146 Å². The van der Waals surface area contributed by atoms with E-state index in [-0.39, 0.29) is 0 Å². The summed E-state index contributed by atoms with van der Waals surface area (Å²) in [6, 6.07) is 4.85. The summed E-state index contributed by atoms with van der Waals surface area (Å²) in [5.74, 6) is 1.08. The van der Waals surface area contributed by atoms with Gasteiger partial charge in [-0.25, -0.2) is 9.97 Å². The van der Waals surface area contributed by atoms with Crippen LogP contribution < -0.4 is 0 Å². The van der Waals surface area contributed by atoms with Crippen molar-refractivity contribution in [3.8, 4) is 6.07 Å². The first kappa shape index (κ1) is 14.9. The Morgan fingerprint density at radius 1 is 1.44 bits per heavy atom. The molecule has 128 valence electrons. The highest BCUT2D eigenvalue weighted by molar-refractivity contribution is 6.01. The zero-order valence-electron chi connectivity index (χ0n) is 14.5. The predicted octanol–water partition coefficient (Wildman–Crippen LogP) is 3.16. The molecular weight excluding hydrogens is 312 g/mol. The van der Waals surface area contributed by atoms with Crippen molar-refractivity contribution >= 4 is 22.1 Å². The number of unbranched alkanes of at least 4 members (excludes halogenated alkanes) is 1. The Hall–Kier alpha value is -2.39. The molecule has 1 atom stereocenters. The standard InChI is InChI=1S/C19H22N6/c1-13-23-15-10-22-18-14(4-8-21-18)17(15)25(13)16-11-24(9-3-2-7-20)12-19(16)5-6-19/h4,8,10,16H,2-3,5-6,9,11-12H2,1H3,(H,21,22)/t16-/m1/s1. The van der Waals surface area contributed by atoms with Gasteiger partial charge < -0.3 is 14.5 Å². The first-order valence-corrected chi connectivity index (χ1v) is 9.12. The van der Waals surface area contributed by atoms with Crippen LogP contribution in [0.25, 0.3) is 22.1 Å². The van der Waals surface area contributed by atoms with Crippen LogP contribution in [0.2, 0.25) is 0 Å². The van der Waals surface area contributed by atoms with Crippen molar-refractivity contribution < 1.29 is 0 Å². The van der Waals surface area contributed by atoms with Crippen molar-refractivity contribution in [1.82, 2.24) is 24.4 Å². The zero-order chi connectivity index (χ0) is 17.0. The van der Waals surface area contributed by atoms with E-state index in [1.165, 1.54) is 18.4 Å². The summed E-state index contributed by atoms with van der Waals surface area (Å²) in [6.45, 7) is 5.36. The lowest BCUT2D eigenvalue weighted by molar-refractivity contribution is 0.315. The number of hydrogen-bond acceptors (Lipinski definition) is 4. The molecule has 0 radical (unpaired) electrons. The summed E-state index contributed by atoms with van der Waals surface area (Å²) in [7, 11) is 0. The van der Waals surface area contributed by atoms with E-state index in [1.807, 2.05) is 12.4 Å². The fourth-order valence-corrected chi connectivity index (χ4v) is 4.70. The van der Waals surface area contributed by atoms with Gasteiger partial charge in [0.05, 0.1) is 23.8 Å². The van der Waals surface area contributed by atoms with Crippen molar-refractivity contribution in [3.05, 3.63) is 24.3 Å². The zero-order valence-corrected chi connectivity index (χ0v) is 14.5. The normalized spacial score (nSPS) is 22.2. The van der Waals surface area contributed by atoms with Gasteiger partial charge in [0.25, 0.3) is 0 Å². The smallest absolute Gasteiger partial charge is 0.139 e. The van der Waals surface area contributed by atoms with Crippen molar-refractivity contribution in [1.29, 1.82) is 5.26 Å². The van der Waals surface area contributed by atoms with Crippen LogP contribution in [0.15, 0.2) is 18.5 Å². The van der Waals surface area contributed by atoms with E-state index in [2.05, 4.69) is 38.5 Å². The predicted molar refractivity (Wildman–Crippen MR) is 96.1 cm³/mol. The second kappa shape index (κ2) is 5.30. The molecule has 0 amide bonds. The fraction of sp³-hybridized carbons (Fsp3) is 0.526. The Kier molecular flexibility index (Phi) is 3.16. The van der Waals surface area contributed by atoms with Crippen LogP contribution >= 0.6 is 0 Å². The number of rotatable bonds is 4. The minimum absolute atomic E-state index is 0.400. The van der Waals surface area contributed by atoms with E-state index < -0.39 is 0 Å². The van der Waals surface area contributed by atoms with Gasteiger partial charge in [-0.1, -0.05) is 0 Å². The summed E-state index contributed by atoms with van der Waals surface area (Å²) in [5.41, 5.74) is 3.54. The summed E-state index contributed by atoms with van der Waals surface area (Å²) < 4.78 is 2.48. The highest BCUT2D eigenvalue weighted by atomic mass is 15.3. The molecule has 3 aromatic heterocycles. The molecule has 6 nitrogen and oxygen atoms in total. The SMILES string of the molecule is Cc1nc2cnc3[nH]ccc3c2n1[C@@H]1CN(CCCC#N)CC12CC2. The van der Waals surface area contributed by atoms with Gasteiger partial charge in [0.2, 0.25) is 0 Å². The number of imidazole rings is 1. The number of pyridine rings is 1. The molecule has 2 aliphatic rings. The largest absolute Gasteiger partial charge is 0.346 e. The molecule has 0 unspecified atom stereocenters. The lowest BCUT2D eigenvalue weighted by atomic mass is 10.00. The number of aromatic amines is 1. The van der Waals surface area contributed by atoms with Gasteiger partial charge in [-0.2, -0.15) is 5.26 Å². The van der Waals surface area contributed by atoms with Crippen LogP contribution in [0.4, 0.5) is 0 Å². The number of fused-ring (bicyclic) bond motifs is 3. The molecule has 25 heavy (non-hydrogen) atoms. The first-order valence-electron chi connectivity index (χ1n) is 9.12. The summed E-state index contributed by atoms with van der Waals surface area (Å²) in [6.07, 6.45) is 8.06. The number of likely N-dealkylation sites (tertiary alicyclic amines) is 1. The third kappa shape index (κ3) is 2.19. The van der Waals surface area contributed by atoms with Crippen LogP contribution in [0, 0.1) is 23.7 Å². The van der Waals surface area contributed by atoms with Crippen molar-refractivity contribution in [2.45, 2.75) is 38.6 Å². The lowest BCUT2D eigenvalue weighted by Crippen LogP contribution is -2.23. The highest BCUT2D eigenvalue weighted by Crippen LogP contribution is 2.59. The van der Waals surface area contributed by atoms with Crippen molar-refractivity contribution in [3.63, 3.8) is 0 Å². The molecule has 1 spiro atoms. The molecule has 1 N–H and O–H groups in total.